The van der Waals surface area contributed by atoms with E-state index in [9.17, 15) is 9.50 Å². The van der Waals surface area contributed by atoms with Crippen LogP contribution in [-0.4, -0.2) is 11.7 Å². The van der Waals surface area contributed by atoms with Gasteiger partial charge in [0.05, 0.1) is 6.10 Å². The summed E-state index contributed by atoms with van der Waals surface area (Å²) in [4.78, 5) is 0. The number of rotatable bonds is 4. The normalized spacial score (nSPS) is 12.2. The van der Waals surface area contributed by atoms with Crippen molar-refractivity contribution in [2.45, 2.75) is 6.10 Å². The summed E-state index contributed by atoms with van der Waals surface area (Å²) >= 11 is 5.85. The van der Waals surface area contributed by atoms with E-state index >= 15 is 0 Å². The Morgan fingerprint density at radius 2 is 1.89 bits per heavy atom. The van der Waals surface area contributed by atoms with Gasteiger partial charge in [0.25, 0.3) is 0 Å². The highest BCUT2D eigenvalue weighted by molar-refractivity contribution is 6.30. The summed E-state index contributed by atoms with van der Waals surface area (Å²) in [6.07, 6.45) is -0.690. The molecule has 0 fully saturated rings. The van der Waals surface area contributed by atoms with Crippen molar-refractivity contribution in [2.24, 2.45) is 0 Å². The van der Waals surface area contributed by atoms with Gasteiger partial charge >= 0.3 is 0 Å². The number of aliphatic hydroxyl groups is 1. The Morgan fingerprint density at radius 3 is 2.56 bits per heavy atom. The predicted octanol–water partition coefficient (Wildman–Crippen LogP) is 3.62. The second-order valence-corrected chi connectivity index (χ2v) is 4.40. The van der Waals surface area contributed by atoms with Crippen LogP contribution in [0.4, 0.5) is 10.1 Å². The van der Waals surface area contributed by atoms with Crippen molar-refractivity contribution in [3.63, 3.8) is 0 Å². The molecule has 2 aromatic rings. The van der Waals surface area contributed by atoms with Crippen LogP contribution in [0.2, 0.25) is 5.02 Å². The van der Waals surface area contributed by atoms with Crippen molar-refractivity contribution >= 4 is 17.3 Å². The Kier molecular flexibility index (Phi) is 4.18. The summed E-state index contributed by atoms with van der Waals surface area (Å²) in [5.74, 6) is -0.311. The molecule has 0 bridgehead atoms. The Bertz CT molecular complexity index is 515. The number of benzene rings is 2. The van der Waals surface area contributed by atoms with Gasteiger partial charge in [0.15, 0.2) is 0 Å². The van der Waals surface area contributed by atoms with Crippen LogP contribution in [0.5, 0.6) is 0 Å². The minimum absolute atomic E-state index is 0.311. The minimum Gasteiger partial charge on any atom is -0.387 e. The van der Waals surface area contributed by atoms with Crippen molar-refractivity contribution in [1.29, 1.82) is 0 Å². The van der Waals surface area contributed by atoms with Crippen LogP contribution in [-0.2, 0) is 0 Å². The number of hydrogen-bond acceptors (Lipinski definition) is 2. The molecule has 2 rings (SSSR count). The zero-order valence-electron chi connectivity index (χ0n) is 9.61. The second-order valence-electron chi connectivity index (χ2n) is 3.96. The van der Waals surface area contributed by atoms with Crippen LogP contribution in [0.3, 0.4) is 0 Å². The van der Waals surface area contributed by atoms with Gasteiger partial charge in [0.2, 0.25) is 0 Å². The molecule has 1 atom stereocenters. The molecule has 4 heteroatoms. The standard InChI is InChI=1S/C14H13ClFNO/c15-11-2-1-3-13(8-11)17-9-14(18)10-4-6-12(16)7-5-10/h1-8,14,17-18H,9H2. The Labute approximate surface area is 110 Å². The first-order valence-corrected chi connectivity index (χ1v) is 5.96. The van der Waals surface area contributed by atoms with Crippen LogP contribution < -0.4 is 5.32 Å². The highest BCUT2D eigenvalue weighted by Gasteiger charge is 2.07. The zero-order valence-corrected chi connectivity index (χ0v) is 10.4. The molecule has 1 unspecified atom stereocenters. The van der Waals surface area contributed by atoms with E-state index in [-0.39, 0.29) is 5.82 Å². The molecule has 0 aromatic heterocycles. The lowest BCUT2D eigenvalue weighted by atomic mass is 10.1. The first kappa shape index (κ1) is 12.9. The summed E-state index contributed by atoms with van der Waals surface area (Å²) in [5, 5.41) is 13.6. The van der Waals surface area contributed by atoms with E-state index in [2.05, 4.69) is 5.32 Å². The van der Waals surface area contributed by atoms with Crippen molar-refractivity contribution in [3.8, 4) is 0 Å². The van der Waals surface area contributed by atoms with Gasteiger partial charge in [0, 0.05) is 17.3 Å². The lowest BCUT2D eigenvalue weighted by Gasteiger charge is -2.13. The average Bonchev–Trinajstić information content (AvgIpc) is 2.37. The molecule has 94 valence electrons. The van der Waals surface area contributed by atoms with Gasteiger partial charge in [-0.05, 0) is 35.9 Å². The summed E-state index contributed by atoms with van der Waals surface area (Å²) in [5.41, 5.74) is 1.51. The summed E-state index contributed by atoms with van der Waals surface area (Å²) < 4.78 is 12.7. The average molecular weight is 266 g/mol. The third-order valence-corrected chi connectivity index (χ3v) is 2.81. The van der Waals surface area contributed by atoms with E-state index in [4.69, 9.17) is 11.6 Å². The summed E-state index contributed by atoms with van der Waals surface area (Å²) in [6.45, 7) is 0.339. The molecule has 0 aliphatic rings. The molecule has 0 heterocycles. The fraction of sp³-hybridized carbons (Fsp3) is 0.143. The fourth-order valence-corrected chi connectivity index (χ4v) is 1.81. The Morgan fingerprint density at radius 1 is 1.17 bits per heavy atom. The topological polar surface area (TPSA) is 32.3 Å². The van der Waals surface area contributed by atoms with E-state index in [0.717, 1.165) is 5.69 Å². The van der Waals surface area contributed by atoms with Gasteiger partial charge in [0.1, 0.15) is 5.82 Å². The lowest BCUT2D eigenvalue weighted by molar-refractivity contribution is 0.191. The molecule has 0 aliphatic heterocycles. The third-order valence-electron chi connectivity index (χ3n) is 2.58. The smallest absolute Gasteiger partial charge is 0.123 e. The molecule has 2 N–H and O–H groups in total. The van der Waals surface area contributed by atoms with E-state index < -0.39 is 6.10 Å². The molecule has 2 aromatic carbocycles. The maximum absolute atomic E-state index is 12.7. The molecule has 2 nitrogen and oxygen atoms in total. The van der Waals surface area contributed by atoms with E-state index in [0.29, 0.717) is 17.1 Å². The van der Waals surface area contributed by atoms with Crippen molar-refractivity contribution in [2.75, 3.05) is 11.9 Å². The quantitative estimate of drug-likeness (QED) is 0.885. The van der Waals surface area contributed by atoms with Crippen LogP contribution in [0.25, 0.3) is 0 Å². The number of anilines is 1. The molecular weight excluding hydrogens is 253 g/mol. The van der Waals surface area contributed by atoms with Gasteiger partial charge < -0.3 is 10.4 Å². The molecule has 0 radical (unpaired) electrons. The zero-order chi connectivity index (χ0) is 13.0. The van der Waals surface area contributed by atoms with Gasteiger partial charge in [-0.2, -0.15) is 0 Å². The van der Waals surface area contributed by atoms with Gasteiger partial charge in [-0.25, -0.2) is 4.39 Å². The van der Waals surface area contributed by atoms with E-state index in [1.807, 2.05) is 12.1 Å². The Balaban J connectivity index is 1.96. The highest BCUT2D eigenvalue weighted by atomic mass is 35.5. The molecule has 0 aliphatic carbocycles. The third kappa shape index (κ3) is 3.45. The first-order valence-electron chi connectivity index (χ1n) is 5.58. The van der Waals surface area contributed by atoms with Crippen LogP contribution in [0.1, 0.15) is 11.7 Å². The van der Waals surface area contributed by atoms with Crippen molar-refractivity contribution in [3.05, 3.63) is 64.9 Å². The second kappa shape index (κ2) is 5.85. The van der Waals surface area contributed by atoms with Crippen LogP contribution >= 0.6 is 11.6 Å². The molecule has 18 heavy (non-hydrogen) atoms. The minimum atomic E-state index is -0.690. The first-order chi connectivity index (χ1) is 8.65. The number of aliphatic hydroxyl groups excluding tert-OH is 1. The molecule has 0 saturated heterocycles. The number of hydrogen-bond donors (Lipinski definition) is 2. The van der Waals surface area contributed by atoms with E-state index in [1.165, 1.54) is 12.1 Å². The molecular formula is C14H13ClFNO. The Hall–Kier alpha value is -1.58. The molecule has 0 saturated carbocycles. The highest BCUT2D eigenvalue weighted by Crippen LogP contribution is 2.17. The van der Waals surface area contributed by atoms with Crippen molar-refractivity contribution < 1.29 is 9.50 Å². The molecule has 0 amide bonds. The maximum atomic E-state index is 12.7. The van der Waals surface area contributed by atoms with Gasteiger partial charge in [-0.3, -0.25) is 0 Å². The van der Waals surface area contributed by atoms with Gasteiger partial charge in [-0.15, -0.1) is 0 Å². The monoisotopic (exact) mass is 265 g/mol. The van der Waals surface area contributed by atoms with Crippen LogP contribution in [0, 0.1) is 5.82 Å². The SMILES string of the molecule is OC(CNc1cccc(Cl)c1)c1ccc(F)cc1. The van der Waals surface area contributed by atoms with Crippen molar-refractivity contribution in [1.82, 2.24) is 0 Å². The molecule has 0 spiro atoms. The van der Waals surface area contributed by atoms with E-state index in [1.54, 1.807) is 24.3 Å². The number of halogens is 2. The summed E-state index contributed by atoms with van der Waals surface area (Å²) in [7, 11) is 0. The lowest BCUT2D eigenvalue weighted by Crippen LogP contribution is -2.12. The van der Waals surface area contributed by atoms with Crippen LogP contribution in [0.15, 0.2) is 48.5 Å². The fourth-order valence-electron chi connectivity index (χ4n) is 1.62. The predicted molar refractivity (Wildman–Crippen MR) is 71.3 cm³/mol. The summed E-state index contributed by atoms with van der Waals surface area (Å²) in [6, 6.07) is 13.1. The largest absolute Gasteiger partial charge is 0.387 e. The van der Waals surface area contributed by atoms with Gasteiger partial charge in [-0.1, -0.05) is 29.8 Å². The maximum Gasteiger partial charge on any atom is 0.123 e. The number of nitrogens with one attached hydrogen (secondary N) is 1.